The maximum absolute atomic E-state index is 12.5. The molecular weight excluding hydrogens is 338 g/mol. The van der Waals surface area contributed by atoms with Crippen LogP contribution >= 0.6 is 0 Å². The van der Waals surface area contributed by atoms with Gasteiger partial charge in [0.25, 0.3) is 5.91 Å². The van der Waals surface area contributed by atoms with Crippen molar-refractivity contribution in [2.75, 3.05) is 20.2 Å². The molecule has 1 aromatic heterocycles. The molecule has 1 aliphatic rings. The normalized spacial score (nSPS) is 14.9. The van der Waals surface area contributed by atoms with Crippen LogP contribution < -0.4 is 15.2 Å². The third-order valence-corrected chi connectivity index (χ3v) is 4.36. The first kappa shape index (κ1) is 17.8. The molecule has 1 aliphatic heterocycles. The van der Waals surface area contributed by atoms with Crippen molar-refractivity contribution in [1.29, 1.82) is 0 Å². The summed E-state index contributed by atoms with van der Waals surface area (Å²) >= 11 is 0. The van der Waals surface area contributed by atoms with Gasteiger partial charge in [-0.3, -0.25) is 9.59 Å². The zero-order chi connectivity index (χ0) is 18.5. The van der Waals surface area contributed by atoms with Gasteiger partial charge in [0, 0.05) is 25.1 Å². The topological polar surface area (TPSA) is 108 Å². The van der Waals surface area contributed by atoms with E-state index in [9.17, 15) is 9.59 Å². The van der Waals surface area contributed by atoms with Crippen molar-refractivity contribution in [2.24, 2.45) is 11.7 Å². The van der Waals surface area contributed by atoms with E-state index in [-0.39, 0.29) is 30.0 Å². The number of piperidine rings is 1. The second-order valence-electron chi connectivity index (χ2n) is 6.06. The summed E-state index contributed by atoms with van der Waals surface area (Å²) in [6.07, 6.45) is 2.47. The molecule has 1 saturated heterocycles. The van der Waals surface area contributed by atoms with Crippen LogP contribution in [-0.4, -0.2) is 41.9 Å². The Hall–Kier alpha value is -3.03. The summed E-state index contributed by atoms with van der Waals surface area (Å²) in [7, 11) is 1.58. The molecule has 0 unspecified atom stereocenters. The lowest BCUT2D eigenvalue weighted by Gasteiger charge is -2.29. The number of methoxy groups -OCH3 is 1. The third kappa shape index (κ3) is 4.14. The molecule has 0 saturated carbocycles. The second-order valence-corrected chi connectivity index (χ2v) is 6.06. The smallest absolute Gasteiger partial charge is 0.275 e. The Kier molecular flexibility index (Phi) is 5.40. The van der Waals surface area contributed by atoms with Gasteiger partial charge < -0.3 is 24.5 Å². The number of hydrogen-bond acceptors (Lipinski definition) is 6. The van der Waals surface area contributed by atoms with Gasteiger partial charge in [0.15, 0.2) is 12.3 Å². The van der Waals surface area contributed by atoms with Crippen LogP contribution in [0, 0.1) is 5.92 Å². The standard InChI is InChI=1S/C18H21N3O5/c1-24-13-3-2-4-14(9-13)25-11-16-20-15(10-26-16)18(23)21-7-5-12(6-8-21)17(19)22/h2-4,9-10,12H,5-8,11H2,1H3,(H2,19,22). The molecule has 2 amide bonds. The number of primary amides is 1. The van der Waals surface area contributed by atoms with Gasteiger partial charge in [-0.15, -0.1) is 0 Å². The molecule has 0 atom stereocenters. The largest absolute Gasteiger partial charge is 0.497 e. The van der Waals surface area contributed by atoms with E-state index >= 15 is 0 Å². The van der Waals surface area contributed by atoms with Gasteiger partial charge in [0.05, 0.1) is 7.11 Å². The molecule has 0 spiro atoms. The monoisotopic (exact) mass is 359 g/mol. The van der Waals surface area contributed by atoms with Crippen LogP contribution in [0.4, 0.5) is 0 Å². The summed E-state index contributed by atoms with van der Waals surface area (Å²) in [5.74, 6) is 0.917. The van der Waals surface area contributed by atoms with Crippen LogP contribution in [0.5, 0.6) is 11.5 Å². The molecule has 138 valence electrons. The van der Waals surface area contributed by atoms with Crippen molar-refractivity contribution >= 4 is 11.8 Å². The lowest BCUT2D eigenvalue weighted by atomic mass is 9.96. The molecule has 2 N–H and O–H groups in total. The summed E-state index contributed by atoms with van der Waals surface area (Å²) in [6.45, 7) is 1.06. The Morgan fingerprint density at radius 1 is 1.31 bits per heavy atom. The first-order chi connectivity index (χ1) is 12.6. The lowest BCUT2D eigenvalue weighted by Crippen LogP contribution is -2.41. The zero-order valence-electron chi connectivity index (χ0n) is 14.5. The fourth-order valence-electron chi connectivity index (χ4n) is 2.84. The van der Waals surface area contributed by atoms with Crippen LogP contribution in [0.1, 0.15) is 29.2 Å². The summed E-state index contributed by atoms with van der Waals surface area (Å²) in [5, 5.41) is 0. The van der Waals surface area contributed by atoms with Crippen molar-refractivity contribution < 1.29 is 23.5 Å². The molecule has 2 heterocycles. The molecule has 1 aromatic carbocycles. The highest BCUT2D eigenvalue weighted by Crippen LogP contribution is 2.21. The number of aromatic nitrogens is 1. The maximum Gasteiger partial charge on any atom is 0.275 e. The maximum atomic E-state index is 12.5. The van der Waals surface area contributed by atoms with Crippen molar-refractivity contribution in [3.63, 3.8) is 0 Å². The number of nitrogens with two attached hydrogens (primary N) is 1. The first-order valence-corrected chi connectivity index (χ1v) is 8.36. The summed E-state index contributed by atoms with van der Waals surface area (Å²) in [6, 6.07) is 7.17. The van der Waals surface area contributed by atoms with Gasteiger partial charge in [-0.25, -0.2) is 4.98 Å². The lowest BCUT2D eigenvalue weighted by molar-refractivity contribution is -0.123. The van der Waals surface area contributed by atoms with Crippen molar-refractivity contribution in [3.05, 3.63) is 42.1 Å². The van der Waals surface area contributed by atoms with E-state index in [0.717, 1.165) is 0 Å². The minimum Gasteiger partial charge on any atom is -0.497 e. The molecule has 8 nitrogen and oxygen atoms in total. The van der Waals surface area contributed by atoms with Crippen LogP contribution in [0.3, 0.4) is 0 Å². The fourth-order valence-corrected chi connectivity index (χ4v) is 2.84. The van der Waals surface area contributed by atoms with E-state index in [1.807, 2.05) is 12.1 Å². The molecule has 0 bridgehead atoms. The average molecular weight is 359 g/mol. The molecule has 1 fully saturated rings. The van der Waals surface area contributed by atoms with Gasteiger partial charge in [-0.05, 0) is 25.0 Å². The summed E-state index contributed by atoms with van der Waals surface area (Å²) in [4.78, 5) is 29.5. The van der Waals surface area contributed by atoms with Crippen molar-refractivity contribution in [3.8, 4) is 11.5 Å². The van der Waals surface area contributed by atoms with Gasteiger partial charge in [0.1, 0.15) is 17.8 Å². The second kappa shape index (κ2) is 7.90. The van der Waals surface area contributed by atoms with Gasteiger partial charge in [-0.1, -0.05) is 6.07 Å². The third-order valence-electron chi connectivity index (χ3n) is 4.36. The molecule has 8 heteroatoms. The Labute approximate surface area is 150 Å². The predicted octanol–water partition coefficient (Wildman–Crippen LogP) is 1.60. The number of nitrogens with zero attached hydrogens (tertiary/aromatic N) is 2. The minimum atomic E-state index is -0.310. The van der Waals surface area contributed by atoms with E-state index in [4.69, 9.17) is 19.6 Å². The number of benzene rings is 1. The van der Waals surface area contributed by atoms with E-state index in [1.165, 1.54) is 6.26 Å². The number of carbonyl (C=O) groups is 2. The van der Waals surface area contributed by atoms with Crippen molar-refractivity contribution in [1.82, 2.24) is 9.88 Å². The van der Waals surface area contributed by atoms with E-state index < -0.39 is 0 Å². The predicted molar refractivity (Wildman–Crippen MR) is 91.7 cm³/mol. The number of likely N-dealkylation sites (tertiary alicyclic amines) is 1. The highest BCUT2D eigenvalue weighted by atomic mass is 16.5. The molecule has 0 aliphatic carbocycles. The number of ether oxygens (including phenoxy) is 2. The molecular formula is C18H21N3O5. The fraction of sp³-hybridized carbons (Fsp3) is 0.389. The number of hydrogen-bond donors (Lipinski definition) is 1. The number of amides is 2. The highest BCUT2D eigenvalue weighted by Gasteiger charge is 2.27. The van der Waals surface area contributed by atoms with Crippen LogP contribution in [0.2, 0.25) is 0 Å². The Morgan fingerprint density at radius 2 is 2.04 bits per heavy atom. The molecule has 3 rings (SSSR count). The van der Waals surface area contributed by atoms with Gasteiger partial charge >= 0.3 is 0 Å². The zero-order valence-corrected chi connectivity index (χ0v) is 14.5. The summed E-state index contributed by atoms with van der Waals surface area (Å²) in [5.41, 5.74) is 5.54. The van der Waals surface area contributed by atoms with Crippen molar-refractivity contribution in [2.45, 2.75) is 19.4 Å². The SMILES string of the molecule is COc1cccc(OCc2nc(C(=O)N3CCC(C(N)=O)CC3)co2)c1. The summed E-state index contributed by atoms with van der Waals surface area (Å²) < 4.78 is 16.1. The number of carbonyl (C=O) groups excluding carboxylic acids is 2. The van der Waals surface area contributed by atoms with E-state index in [0.29, 0.717) is 43.3 Å². The van der Waals surface area contributed by atoms with E-state index in [2.05, 4.69) is 4.98 Å². The Morgan fingerprint density at radius 3 is 2.73 bits per heavy atom. The Balaban J connectivity index is 1.55. The van der Waals surface area contributed by atoms with Crippen LogP contribution in [0.15, 0.2) is 34.9 Å². The van der Waals surface area contributed by atoms with E-state index in [1.54, 1.807) is 24.1 Å². The van der Waals surface area contributed by atoms with Crippen LogP contribution in [0.25, 0.3) is 0 Å². The molecule has 0 radical (unpaired) electrons. The average Bonchev–Trinajstić information content (AvgIpc) is 3.15. The first-order valence-electron chi connectivity index (χ1n) is 8.36. The highest BCUT2D eigenvalue weighted by molar-refractivity contribution is 5.92. The quantitative estimate of drug-likeness (QED) is 0.839. The van der Waals surface area contributed by atoms with Gasteiger partial charge in [-0.2, -0.15) is 0 Å². The minimum absolute atomic E-state index is 0.101. The Bertz CT molecular complexity index is 781. The number of rotatable bonds is 6. The molecule has 2 aromatic rings. The van der Waals surface area contributed by atoms with Crippen LogP contribution in [-0.2, 0) is 11.4 Å². The van der Waals surface area contributed by atoms with Gasteiger partial charge in [0.2, 0.25) is 11.8 Å². The molecule has 26 heavy (non-hydrogen) atoms. The number of oxazole rings is 1.